The van der Waals surface area contributed by atoms with E-state index in [0.717, 1.165) is 56.6 Å². The number of halogens is 1. The molecule has 9 heteroatoms. The summed E-state index contributed by atoms with van der Waals surface area (Å²) in [5.74, 6) is 0.745. The van der Waals surface area contributed by atoms with Gasteiger partial charge in [-0.25, -0.2) is 9.18 Å². The molecule has 0 aliphatic carbocycles. The van der Waals surface area contributed by atoms with E-state index < -0.39 is 11.8 Å². The molecular formula is C35H45FN4O4. The zero-order valence-electron chi connectivity index (χ0n) is 26.3. The molecule has 1 aliphatic rings. The first-order chi connectivity index (χ1) is 21.3. The lowest BCUT2D eigenvalue weighted by Crippen LogP contribution is -2.38. The van der Waals surface area contributed by atoms with Crippen LogP contribution in [0, 0.1) is 12.7 Å². The molecule has 0 atom stereocenters. The maximum Gasteiger partial charge on any atom is 0.319 e. The third-order valence-electron chi connectivity index (χ3n) is 7.95. The van der Waals surface area contributed by atoms with Crippen molar-refractivity contribution in [1.29, 1.82) is 0 Å². The minimum Gasteiger partial charge on any atom is -0.490 e. The molecule has 44 heavy (non-hydrogen) atoms. The number of benzene rings is 3. The fourth-order valence-corrected chi connectivity index (χ4v) is 5.18. The van der Waals surface area contributed by atoms with Gasteiger partial charge in [0, 0.05) is 36.4 Å². The summed E-state index contributed by atoms with van der Waals surface area (Å²) in [6.07, 6.45) is 6.27. The van der Waals surface area contributed by atoms with Crippen molar-refractivity contribution < 1.29 is 23.5 Å². The second-order valence-electron chi connectivity index (χ2n) is 11.3. The number of amides is 3. The molecule has 0 saturated carbocycles. The van der Waals surface area contributed by atoms with Crippen molar-refractivity contribution in [1.82, 2.24) is 10.2 Å². The second-order valence-corrected chi connectivity index (χ2v) is 11.3. The summed E-state index contributed by atoms with van der Waals surface area (Å²) in [6, 6.07) is 16.2. The summed E-state index contributed by atoms with van der Waals surface area (Å²) >= 11 is 0. The first-order valence-electron chi connectivity index (χ1n) is 15.7. The van der Waals surface area contributed by atoms with E-state index in [4.69, 9.17) is 9.47 Å². The summed E-state index contributed by atoms with van der Waals surface area (Å²) in [6.45, 7) is 11.4. The highest BCUT2D eigenvalue weighted by atomic mass is 19.1. The summed E-state index contributed by atoms with van der Waals surface area (Å²) in [4.78, 5) is 27.6. The van der Waals surface area contributed by atoms with Crippen LogP contribution in [0.3, 0.4) is 0 Å². The van der Waals surface area contributed by atoms with E-state index >= 15 is 0 Å². The highest BCUT2D eigenvalue weighted by molar-refractivity contribution is 6.04. The van der Waals surface area contributed by atoms with Gasteiger partial charge in [0.05, 0.1) is 5.69 Å². The first kappa shape index (κ1) is 32.8. The third kappa shape index (κ3) is 9.44. The van der Waals surface area contributed by atoms with Crippen LogP contribution >= 0.6 is 0 Å². The number of urea groups is 1. The molecular weight excluding hydrogens is 559 g/mol. The molecule has 0 aromatic heterocycles. The van der Waals surface area contributed by atoms with Gasteiger partial charge in [-0.15, -0.1) is 0 Å². The molecule has 1 saturated heterocycles. The molecule has 1 aliphatic heterocycles. The van der Waals surface area contributed by atoms with Crippen LogP contribution in [0.15, 0.2) is 60.7 Å². The maximum absolute atomic E-state index is 14.6. The van der Waals surface area contributed by atoms with Gasteiger partial charge in [0.1, 0.15) is 29.2 Å². The van der Waals surface area contributed by atoms with Crippen molar-refractivity contribution in [3.8, 4) is 17.2 Å². The number of nitrogens with one attached hydrogen (secondary N) is 3. The molecule has 3 aromatic carbocycles. The highest BCUT2D eigenvalue weighted by Crippen LogP contribution is 2.28. The monoisotopic (exact) mass is 604 g/mol. The van der Waals surface area contributed by atoms with Crippen LogP contribution < -0.4 is 25.4 Å². The molecule has 4 rings (SSSR count). The topological polar surface area (TPSA) is 91.9 Å². The fraction of sp³-hybridized carbons (Fsp3) is 0.429. The zero-order valence-corrected chi connectivity index (χ0v) is 26.3. The second kappa shape index (κ2) is 16.1. The summed E-state index contributed by atoms with van der Waals surface area (Å²) in [5.41, 5.74) is 2.14. The zero-order chi connectivity index (χ0) is 31.5. The van der Waals surface area contributed by atoms with Crippen molar-refractivity contribution >= 4 is 23.3 Å². The first-order valence-corrected chi connectivity index (χ1v) is 15.7. The summed E-state index contributed by atoms with van der Waals surface area (Å²) < 4.78 is 26.7. The molecule has 3 N–H and O–H groups in total. The number of unbranched alkanes of at least 4 members (excludes halogenated alkanes) is 1. The Labute approximate surface area is 260 Å². The van der Waals surface area contributed by atoms with Gasteiger partial charge in [0.2, 0.25) is 0 Å². The summed E-state index contributed by atoms with van der Waals surface area (Å²) in [7, 11) is 0. The Morgan fingerprint density at radius 2 is 1.64 bits per heavy atom. The molecule has 0 bridgehead atoms. The highest BCUT2D eigenvalue weighted by Gasteiger charge is 2.21. The summed E-state index contributed by atoms with van der Waals surface area (Å²) in [5, 5.41) is 8.27. The van der Waals surface area contributed by atoms with E-state index in [1.807, 2.05) is 32.9 Å². The Balaban J connectivity index is 1.27. The predicted molar refractivity (Wildman–Crippen MR) is 174 cm³/mol. The lowest BCUT2D eigenvalue weighted by Gasteiger charge is -2.32. The molecule has 3 aromatic rings. The number of nitrogens with zero attached hydrogens (tertiary/aromatic N) is 1. The molecule has 1 heterocycles. The number of hydrogen-bond donors (Lipinski definition) is 3. The standard InChI is InChI=1S/C35H45FN4O4/c1-5-8-19-40-20-17-29(18-21-40)44-33-16-9-25(22-24(33)4)34(41)37-27-10-12-28(13-11-27)43-30-14-15-32(31(36)23-30)39-35(42)38-26(6-2)7-3/h9-16,22-23,26,29H,5-8,17-21H2,1-4H3,(H,37,41)(H2,38,39,42). The van der Waals surface area contributed by atoms with Crippen molar-refractivity contribution in [2.24, 2.45) is 0 Å². The molecule has 0 radical (unpaired) electrons. The fourth-order valence-electron chi connectivity index (χ4n) is 5.18. The number of likely N-dealkylation sites (tertiary alicyclic amines) is 1. The molecule has 0 unspecified atom stereocenters. The van der Waals surface area contributed by atoms with Gasteiger partial charge < -0.3 is 30.3 Å². The molecule has 236 valence electrons. The van der Waals surface area contributed by atoms with Crippen molar-refractivity contribution in [3.05, 3.63) is 77.6 Å². The van der Waals surface area contributed by atoms with Crippen LogP contribution in [0.4, 0.5) is 20.6 Å². The Morgan fingerprint density at radius 3 is 2.27 bits per heavy atom. The normalized spacial score (nSPS) is 13.9. The number of piperidine rings is 1. The van der Waals surface area contributed by atoms with Gasteiger partial charge in [0.15, 0.2) is 0 Å². The van der Waals surface area contributed by atoms with E-state index in [1.54, 1.807) is 36.4 Å². The van der Waals surface area contributed by atoms with E-state index in [2.05, 4.69) is 27.8 Å². The Morgan fingerprint density at radius 1 is 0.932 bits per heavy atom. The Kier molecular flexibility index (Phi) is 12.0. The lowest BCUT2D eigenvalue weighted by molar-refractivity contribution is 0.0991. The van der Waals surface area contributed by atoms with Gasteiger partial charge >= 0.3 is 6.03 Å². The van der Waals surface area contributed by atoms with Crippen LogP contribution in [0.5, 0.6) is 17.2 Å². The Bertz CT molecular complexity index is 1390. The van der Waals surface area contributed by atoms with Crippen LogP contribution in [0.1, 0.15) is 75.2 Å². The number of aryl methyl sites for hydroxylation is 1. The SMILES string of the molecule is CCCCN1CCC(Oc2ccc(C(=O)Nc3ccc(Oc4ccc(NC(=O)NC(CC)CC)c(F)c4)cc3)cc2C)CC1. The van der Waals surface area contributed by atoms with E-state index in [1.165, 1.54) is 25.0 Å². The van der Waals surface area contributed by atoms with Crippen molar-refractivity contribution in [3.63, 3.8) is 0 Å². The van der Waals surface area contributed by atoms with E-state index in [-0.39, 0.29) is 29.5 Å². The van der Waals surface area contributed by atoms with Crippen LogP contribution in [0.2, 0.25) is 0 Å². The van der Waals surface area contributed by atoms with E-state index in [0.29, 0.717) is 17.0 Å². The minimum absolute atomic E-state index is 0.0333. The van der Waals surface area contributed by atoms with Gasteiger partial charge in [0.25, 0.3) is 5.91 Å². The number of ether oxygens (including phenoxy) is 2. The van der Waals surface area contributed by atoms with Crippen molar-refractivity contribution in [2.75, 3.05) is 30.3 Å². The van der Waals surface area contributed by atoms with Gasteiger partial charge in [-0.05, 0) is 106 Å². The predicted octanol–water partition coefficient (Wildman–Crippen LogP) is 8.13. The molecule has 1 fully saturated rings. The van der Waals surface area contributed by atoms with Crippen LogP contribution in [-0.4, -0.2) is 48.6 Å². The maximum atomic E-state index is 14.6. The largest absolute Gasteiger partial charge is 0.490 e. The van der Waals surface area contributed by atoms with Crippen molar-refractivity contribution in [2.45, 2.75) is 78.4 Å². The number of rotatable bonds is 13. The third-order valence-corrected chi connectivity index (χ3v) is 7.95. The quantitative estimate of drug-likeness (QED) is 0.183. The van der Waals surface area contributed by atoms with Crippen LogP contribution in [-0.2, 0) is 0 Å². The van der Waals surface area contributed by atoms with E-state index in [9.17, 15) is 14.0 Å². The number of anilines is 2. The number of carbonyl (C=O) groups is 2. The lowest BCUT2D eigenvalue weighted by atomic mass is 10.1. The van der Waals surface area contributed by atoms with Gasteiger partial charge in [-0.3, -0.25) is 4.79 Å². The van der Waals surface area contributed by atoms with Gasteiger partial charge in [-0.1, -0.05) is 27.2 Å². The molecule has 3 amide bonds. The number of hydrogen-bond acceptors (Lipinski definition) is 5. The minimum atomic E-state index is -0.606. The van der Waals surface area contributed by atoms with Crippen LogP contribution in [0.25, 0.3) is 0 Å². The van der Waals surface area contributed by atoms with Gasteiger partial charge in [-0.2, -0.15) is 0 Å². The number of carbonyl (C=O) groups excluding carboxylic acids is 2. The average molecular weight is 605 g/mol. The smallest absolute Gasteiger partial charge is 0.319 e. The Hall–Kier alpha value is -4.11. The molecule has 0 spiro atoms. The molecule has 8 nitrogen and oxygen atoms in total. The average Bonchev–Trinajstić information content (AvgIpc) is 3.02.